The minimum Gasteiger partial charge on any atom is -0.464 e. The van der Waals surface area contributed by atoms with E-state index in [1.165, 1.54) is 12.1 Å². The van der Waals surface area contributed by atoms with E-state index >= 15 is 0 Å². The predicted molar refractivity (Wildman–Crippen MR) is 75.2 cm³/mol. The van der Waals surface area contributed by atoms with Crippen LogP contribution in [0.25, 0.3) is 0 Å². The lowest BCUT2D eigenvalue weighted by Crippen LogP contribution is -2.05. The molecule has 2 rings (SSSR count). The molecule has 0 unspecified atom stereocenters. The van der Waals surface area contributed by atoms with E-state index in [4.69, 9.17) is 15.2 Å². The molecule has 0 aliphatic rings. The number of rotatable bonds is 5. The van der Waals surface area contributed by atoms with Crippen LogP contribution in [-0.4, -0.2) is 6.79 Å². The SMILES string of the molecule is Nc1cc(F)cc(Br)c1OCOCc1ccccc1. The van der Waals surface area contributed by atoms with Crippen LogP contribution in [0.2, 0.25) is 0 Å². The van der Waals surface area contributed by atoms with E-state index in [1.54, 1.807) is 0 Å². The van der Waals surface area contributed by atoms with Crippen molar-refractivity contribution in [2.45, 2.75) is 6.61 Å². The molecule has 0 aliphatic heterocycles. The molecule has 0 saturated carbocycles. The third-order valence-corrected chi connectivity index (χ3v) is 3.02. The quantitative estimate of drug-likeness (QED) is 0.517. The molecule has 0 radical (unpaired) electrons. The van der Waals surface area contributed by atoms with Gasteiger partial charge in [0, 0.05) is 6.07 Å². The Labute approximate surface area is 119 Å². The van der Waals surface area contributed by atoms with Crippen LogP contribution >= 0.6 is 15.9 Å². The Kier molecular flexibility index (Phi) is 4.76. The fourth-order valence-corrected chi connectivity index (χ4v) is 2.13. The maximum atomic E-state index is 13.0. The zero-order chi connectivity index (χ0) is 13.7. The third-order valence-electron chi connectivity index (χ3n) is 2.44. The minimum atomic E-state index is -0.415. The van der Waals surface area contributed by atoms with Crippen molar-refractivity contribution in [1.29, 1.82) is 0 Å². The molecule has 0 bridgehead atoms. The Morgan fingerprint density at radius 2 is 1.89 bits per heavy atom. The zero-order valence-corrected chi connectivity index (χ0v) is 11.7. The summed E-state index contributed by atoms with van der Waals surface area (Å²) in [5, 5.41) is 0. The normalized spacial score (nSPS) is 10.4. The fraction of sp³-hybridized carbons (Fsp3) is 0.143. The highest BCUT2D eigenvalue weighted by Gasteiger charge is 2.08. The monoisotopic (exact) mass is 325 g/mol. The van der Waals surface area contributed by atoms with E-state index in [1.807, 2.05) is 30.3 Å². The van der Waals surface area contributed by atoms with Crippen LogP contribution in [-0.2, 0) is 11.3 Å². The Balaban J connectivity index is 1.86. The number of anilines is 1. The van der Waals surface area contributed by atoms with Crippen molar-refractivity contribution in [1.82, 2.24) is 0 Å². The molecule has 0 atom stereocenters. The topological polar surface area (TPSA) is 44.5 Å². The van der Waals surface area contributed by atoms with E-state index in [0.29, 0.717) is 16.8 Å². The van der Waals surface area contributed by atoms with Gasteiger partial charge in [-0.05, 0) is 27.6 Å². The molecule has 0 heterocycles. The summed E-state index contributed by atoms with van der Waals surface area (Å²) in [6.07, 6.45) is 0. The standard InChI is InChI=1S/C14H13BrFNO2/c15-12-6-11(16)7-13(17)14(12)19-9-18-8-10-4-2-1-3-5-10/h1-7H,8-9,17H2. The smallest absolute Gasteiger partial charge is 0.189 e. The summed E-state index contributed by atoms with van der Waals surface area (Å²) in [4.78, 5) is 0. The second kappa shape index (κ2) is 6.54. The van der Waals surface area contributed by atoms with Crippen LogP contribution in [0.5, 0.6) is 5.75 Å². The van der Waals surface area contributed by atoms with Gasteiger partial charge in [-0.1, -0.05) is 30.3 Å². The van der Waals surface area contributed by atoms with Crippen molar-refractivity contribution in [2.24, 2.45) is 0 Å². The molecule has 2 aromatic carbocycles. The molecule has 100 valence electrons. The Morgan fingerprint density at radius 1 is 1.16 bits per heavy atom. The van der Waals surface area contributed by atoms with Crippen molar-refractivity contribution >= 4 is 21.6 Å². The Bertz CT molecular complexity index is 525. The lowest BCUT2D eigenvalue weighted by molar-refractivity contribution is 0.00502. The van der Waals surface area contributed by atoms with E-state index in [-0.39, 0.29) is 12.5 Å². The first-order chi connectivity index (χ1) is 9.16. The molecule has 0 amide bonds. The zero-order valence-electron chi connectivity index (χ0n) is 10.1. The summed E-state index contributed by atoms with van der Waals surface area (Å²) in [7, 11) is 0. The number of halogens is 2. The van der Waals surface area contributed by atoms with Crippen molar-refractivity contribution in [3.8, 4) is 5.75 Å². The van der Waals surface area contributed by atoms with Crippen molar-refractivity contribution in [3.63, 3.8) is 0 Å². The molecule has 5 heteroatoms. The summed E-state index contributed by atoms with van der Waals surface area (Å²) in [5.41, 5.74) is 6.95. The van der Waals surface area contributed by atoms with Gasteiger partial charge in [0.05, 0.1) is 16.8 Å². The van der Waals surface area contributed by atoms with Gasteiger partial charge in [-0.15, -0.1) is 0 Å². The highest BCUT2D eigenvalue weighted by molar-refractivity contribution is 9.10. The van der Waals surface area contributed by atoms with E-state index in [0.717, 1.165) is 5.56 Å². The van der Waals surface area contributed by atoms with Crippen molar-refractivity contribution < 1.29 is 13.9 Å². The highest BCUT2D eigenvalue weighted by atomic mass is 79.9. The molecule has 2 aromatic rings. The van der Waals surface area contributed by atoms with E-state index in [2.05, 4.69) is 15.9 Å². The van der Waals surface area contributed by atoms with Gasteiger partial charge in [0.15, 0.2) is 12.5 Å². The highest BCUT2D eigenvalue weighted by Crippen LogP contribution is 2.32. The molecule has 19 heavy (non-hydrogen) atoms. The Hall–Kier alpha value is -1.59. The summed E-state index contributed by atoms with van der Waals surface area (Å²) in [5.74, 6) is -0.0311. The molecular formula is C14H13BrFNO2. The van der Waals surface area contributed by atoms with Gasteiger partial charge in [0.1, 0.15) is 5.82 Å². The summed E-state index contributed by atoms with van der Waals surface area (Å²) in [6, 6.07) is 12.2. The molecule has 2 N–H and O–H groups in total. The van der Waals surface area contributed by atoms with Crippen LogP contribution in [0, 0.1) is 5.82 Å². The number of hydrogen-bond acceptors (Lipinski definition) is 3. The summed E-state index contributed by atoms with van der Waals surface area (Å²) >= 11 is 3.19. The van der Waals surface area contributed by atoms with Gasteiger partial charge < -0.3 is 15.2 Å². The maximum absolute atomic E-state index is 13.0. The lowest BCUT2D eigenvalue weighted by Gasteiger charge is -2.11. The predicted octanol–water partition coefficient (Wildman–Crippen LogP) is 3.72. The third kappa shape index (κ3) is 3.94. The average Bonchev–Trinajstić information content (AvgIpc) is 2.38. The van der Waals surface area contributed by atoms with Gasteiger partial charge in [0.2, 0.25) is 0 Å². The van der Waals surface area contributed by atoms with Crippen LogP contribution in [0.3, 0.4) is 0 Å². The lowest BCUT2D eigenvalue weighted by atomic mass is 10.2. The summed E-state index contributed by atoms with van der Waals surface area (Å²) < 4.78 is 24.2. The first-order valence-electron chi connectivity index (χ1n) is 5.66. The summed E-state index contributed by atoms with van der Waals surface area (Å²) in [6.45, 7) is 0.489. The molecule has 0 aliphatic carbocycles. The van der Waals surface area contributed by atoms with Crippen LogP contribution in [0.15, 0.2) is 46.9 Å². The molecule has 0 spiro atoms. The molecule has 0 saturated heterocycles. The second-order valence-electron chi connectivity index (χ2n) is 3.90. The number of nitrogen functional groups attached to an aromatic ring is 1. The van der Waals surface area contributed by atoms with Crippen LogP contribution < -0.4 is 10.5 Å². The molecule has 0 aromatic heterocycles. The van der Waals surface area contributed by atoms with Gasteiger partial charge >= 0.3 is 0 Å². The molecule has 3 nitrogen and oxygen atoms in total. The van der Waals surface area contributed by atoms with Crippen LogP contribution in [0.1, 0.15) is 5.56 Å². The first-order valence-corrected chi connectivity index (χ1v) is 6.45. The maximum Gasteiger partial charge on any atom is 0.189 e. The molecular weight excluding hydrogens is 313 g/mol. The molecule has 0 fully saturated rings. The first kappa shape index (κ1) is 13.8. The van der Waals surface area contributed by atoms with E-state index in [9.17, 15) is 4.39 Å². The van der Waals surface area contributed by atoms with Crippen LogP contribution in [0.4, 0.5) is 10.1 Å². The Morgan fingerprint density at radius 3 is 2.58 bits per heavy atom. The number of ether oxygens (including phenoxy) is 2. The fourth-order valence-electron chi connectivity index (χ4n) is 1.57. The average molecular weight is 326 g/mol. The van der Waals surface area contributed by atoms with Gasteiger partial charge in [-0.3, -0.25) is 0 Å². The van der Waals surface area contributed by atoms with Gasteiger partial charge in [-0.2, -0.15) is 0 Å². The second-order valence-corrected chi connectivity index (χ2v) is 4.76. The van der Waals surface area contributed by atoms with E-state index < -0.39 is 5.82 Å². The van der Waals surface area contributed by atoms with Crippen molar-refractivity contribution in [3.05, 3.63) is 58.3 Å². The van der Waals surface area contributed by atoms with Gasteiger partial charge in [-0.25, -0.2) is 4.39 Å². The number of hydrogen-bond donors (Lipinski definition) is 1. The minimum absolute atomic E-state index is 0.0450. The number of benzene rings is 2. The number of nitrogens with two attached hydrogens (primary N) is 1. The van der Waals surface area contributed by atoms with Crippen molar-refractivity contribution in [2.75, 3.05) is 12.5 Å². The van der Waals surface area contributed by atoms with Gasteiger partial charge in [0.25, 0.3) is 0 Å². The largest absolute Gasteiger partial charge is 0.464 e.